The fourth-order valence-electron chi connectivity index (χ4n) is 10.4. The lowest BCUT2D eigenvalue weighted by molar-refractivity contribution is 0.174. The molecule has 0 radical (unpaired) electrons. The Morgan fingerprint density at radius 3 is 2.73 bits per heavy atom. The van der Waals surface area contributed by atoms with Gasteiger partial charge in [-0.05, 0) is 96.9 Å². The lowest BCUT2D eigenvalue weighted by atomic mass is 9.74. The van der Waals surface area contributed by atoms with Gasteiger partial charge in [0.2, 0.25) is 0 Å². The van der Waals surface area contributed by atoms with Crippen molar-refractivity contribution in [3.05, 3.63) is 154 Å². The van der Waals surface area contributed by atoms with Crippen LogP contribution >= 0.6 is 0 Å². The molecule has 8 aliphatic rings. The molecule has 4 heterocycles. The molecule has 5 aliphatic carbocycles. The molecule has 1 aromatic heterocycles. The summed E-state index contributed by atoms with van der Waals surface area (Å²) in [5.74, 6) is 1.96. The SMILES string of the molecule is N#CC1C=CC(C2=CC=CCC2C2=C(C3=CC(N4C5=C(CCCC5)C5C=CC=CC54)NC(n4c5c(c6ccccc64)C=CCN5)C3)CCC=C2)=CC1. The summed E-state index contributed by atoms with van der Waals surface area (Å²) in [7, 11) is 0. The van der Waals surface area contributed by atoms with E-state index in [1.54, 1.807) is 11.3 Å². The highest BCUT2D eigenvalue weighted by molar-refractivity contribution is 5.97. The Morgan fingerprint density at radius 1 is 0.885 bits per heavy atom. The summed E-state index contributed by atoms with van der Waals surface area (Å²) in [6, 6.07) is 11.7. The monoisotopic (exact) mass is 681 g/mol. The first kappa shape index (κ1) is 31.7. The third-order valence-corrected chi connectivity index (χ3v) is 12.7. The van der Waals surface area contributed by atoms with Crippen LogP contribution in [0.3, 0.4) is 0 Å². The van der Waals surface area contributed by atoms with Crippen molar-refractivity contribution in [3.8, 4) is 6.07 Å². The van der Waals surface area contributed by atoms with Crippen LogP contribution in [0.15, 0.2) is 148 Å². The van der Waals surface area contributed by atoms with Crippen LogP contribution in [0.1, 0.15) is 69.5 Å². The number of para-hydroxylation sites is 1. The van der Waals surface area contributed by atoms with Crippen LogP contribution < -0.4 is 10.6 Å². The Hall–Kier alpha value is -5.05. The van der Waals surface area contributed by atoms with E-state index < -0.39 is 0 Å². The molecule has 0 amide bonds. The zero-order valence-corrected chi connectivity index (χ0v) is 29.8. The predicted molar refractivity (Wildman–Crippen MR) is 213 cm³/mol. The van der Waals surface area contributed by atoms with Gasteiger partial charge in [-0.1, -0.05) is 103 Å². The minimum absolute atomic E-state index is 0.0278. The fourth-order valence-corrected chi connectivity index (χ4v) is 10.4. The second kappa shape index (κ2) is 13.2. The second-order valence-electron chi connectivity index (χ2n) is 15.5. The van der Waals surface area contributed by atoms with Crippen molar-refractivity contribution < 1.29 is 0 Å². The predicted octanol–water partition coefficient (Wildman–Crippen LogP) is 10.3. The molecule has 6 atom stereocenters. The van der Waals surface area contributed by atoms with Gasteiger partial charge in [-0.2, -0.15) is 5.26 Å². The van der Waals surface area contributed by atoms with Crippen molar-refractivity contribution in [3.63, 3.8) is 0 Å². The van der Waals surface area contributed by atoms with Gasteiger partial charge in [-0.15, -0.1) is 0 Å². The van der Waals surface area contributed by atoms with Crippen molar-refractivity contribution in [2.24, 2.45) is 17.8 Å². The minimum Gasteiger partial charge on any atom is -0.367 e. The van der Waals surface area contributed by atoms with Crippen molar-refractivity contribution >= 4 is 22.8 Å². The average Bonchev–Trinajstić information content (AvgIpc) is 3.74. The Balaban J connectivity index is 1.11. The Labute approximate surface area is 307 Å². The number of hydrogen-bond acceptors (Lipinski definition) is 4. The molecule has 0 saturated heterocycles. The number of anilines is 1. The van der Waals surface area contributed by atoms with Gasteiger partial charge in [0.15, 0.2) is 0 Å². The molecule has 5 heteroatoms. The lowest BCUT2D eigenvalue weighted by Gasteiger charge is -2.43. The molecular weight excluding hydrogens is 635 g/mol. The lowest BCUT2D eigenvalue weighted by Crippen LogP contribution is -2.52. The van der Waals surface area contributed by atoms with Crippen molar-refractivity contribution in [1.82, 2.24) is 14.8 Å². The number of rotatable bonds is 5. The van der Waals surface area contributed by atoms with E-state index in [0.717, 1.165) is 38.6 Å². The van der Waals surface area contributed by atoms with Gasteiger partial charge in [0.25, 0.3) is 0 Å². The highest BCUT2D eigenvalue weighted by atomic mass is 15.4. The van der Waals surface area contributed by atoms with E-state index in [2.05, 4.69) is 142 Å². The van der Waals surface area contributed by atoms with E-state index in [1.165, 1.54) is 75.8 Å². The van der Waals surface area contributed by atoms with E-state index in [-0.39, 0.29) is 18.2 Å². The second-order valence-corrected chi connectivity index (χ2v) is 15.5. The molecular formula is C47H47N5. The molecule has 2 aromatic rings. The molecule has 0 spiro atoms. The van der Waals surface area contributed by atoms with Gasteiger partial charge in [0, 0.05) is 41.4 Å². The Bertz CT molecular complexity index is 2210. The van der Waals surface area contributed by atoms with Gasteiger partial charge in [0.05, 0.1) is 29.7 Å². The topological polar surface area (TPSA) is 56.0 Å². The number of nitrogens with zero attached hydrogens (tertiary/aromatic N) is 3. The summed E-state index contributed by atoms with van der Waals surface area (Å²) in [4.78, 5) is 2.79. The van der Waals surface area contributed by atoms with Gasteiger partial charge >= 0.3 is 0 Å². The number of hydrogen-bond donors (Lipinski definition) is 2. The van der Waals surface area contributed by atoms with E-state index in [0.29, 0.717) is 17.9 Å². The van der Waals surface area contributed by atoms with Crippen LogP contribution in [-0.4, -0.2) is 28.2 Å². The van der Waals surface area contributed by atoms with Crippen LogP contribution in [0.4, 0.5) is 5.82 Å². The molecule has 3 aliphatic heterocycles. The van der Waals surface area contributed by atoms with Crippen molar-refractivity contribution in [2.45, 2.75) is 76.2 Å². The summed E-state index contributed by atoms with van der Waals surface area (Å²) in [5.41, 5.74) is 13.0. The average molecular weight is 682 g/mol. The van der Waals surface area contributed by atoms with Crippen LogP contribution in [0.5, 0.6) is 0 Å². The molecule has 0 saturated carbocycles. The molecule has 0 fully saturated rings. The van der Waals surface area contributed by atoms with Gasteiger partial charge in [-0.3, -0.25) is 5.32 Å². The Kier molecular flexibility index (Phi) is 8.02. The molecule has 1 aromatic carbocycles. The first-order valence-electron chi connectivity index (χ1n) is 19.7. The van der Waals surface area contributed by atoms with Crippen LogP contribution in [0.2, 0.25) is 0 Å². The molecule has 2 N–H and O–H groups in total. The van der Waals surface area contributed by atoms with E-state index in [9.17, 15) is 5.26 Å². The normalized spacial score (nSPS) is 30.4. The van der Waals surface area contributed by atoms with E-state index in [4.69, 9.17) is 0 Å². The number of nitrogens with one attached hydrogen (secondary N) is 2. The van der Waals surface area contributed by atoms with Gasteiger partial charge in [0.1, 0.15) is 12.0 Å². The van der Waals surface area contributed by atoms with Gasteiger partial charge in [-0.25, -0.2) is 0 Å². The minimum atomic E-state index is -0.0278. The van der Waals surface area contributed by atoms with Crippen molar-refractivity contribution in [2.75, 3.05) is 11.9 Å². The number of aromatic nitrogens is 1. The first-order valence-corrected chi connectivity index (χ1v) is 19.7. The summed E-state index contributed by atoms with van der Waals surface area (Å²) >= 11 is 0. The Morgan fingerprint density at radius 2 is 1.81 bits per heavy atom. The van der Waals surface area contributed by atoms with Gasteiger partial charge < -0.3 is 14.8 Å². The van der Waals surface area contributed by atoms with Crippen LogP contribution in [0.25, 0.3) is 17.0 Å². The van der Waals surface area contributed by atoms with E-state index >= 15 is 0 Å². The van der Waals surface area contributed by atoms with Crippen molar-refractivity contribution in [1.29, 1.82) is 5.26 Å². The molecule has 260 valence electrons. The summed E-state index contributed by atoms with van der Waals surface area (Å²) in [6.07, 6.45) is 45.0. The maximum atomic E-state index is 9.56. The molecule has 10 rings (SSSR count). The third-order valence-electron chi connectivity index (χ3n) is 12.7. The largest absolute Gasteiger partial charge is 0.367 e. The maximum absolute atomic E-state index is 9.56. The summed E-state index contributed by atoms with van der Waals surface area (Å²) in [6.45, 7) is 0.842. The zero-order chi connectivity index (χ0) is 34.6. The number of benzene rings is 1. The maximum Gasteiger partial charge on any atom is 0.116 e. The summed E-state index contributed by atoms with van der Waals surface area (Å²) < 4.78 is 2.59. The molecule has 0 bridgehead atoms. The third kappa shape index (κ3) is 5.22. The molecule has 52 heavy (non-hydrogen) atoms. The molecule has 5 nitrogen and oxygen atoms in total. The van der Waals surface area contributed by atoms with Crippen LogP contribution in [-0.2, 0) is 0 Å². The summed E-state index contributed by atoms with van der Waals surface area (Å²) in [5, 5.41) is 19.0. The highest BCUT2D eigenvalue weighted by Crippen LogP contribution is 2.49. The highest BCUT2D eigenvalue weighted by Gasteiger charge is 2.44. The standard InChI is InChI=1S/C47H47N5/c48-30-31-23-25-32(26-24-31)34-12-1-3-14-36(34)37-15-4-2-13-35(37)33-28-45(51-42-20-8-5-16-38(42)39-17-6-9-21-43(39)51)50-46(29-33)52-44-22-10-7-18-40(44)41-19-11-27-49-47(41)52/h1,3-5,7-8,10-12,15-16,18-20,22-23,25-26,28,31,36,38,42,45-46,49-50H,2,6,9,13-14,17,21,24,27,29H2. The van der Waals surface area contributed by atoms with E-state index in [1.807, 2.05) is 0 Å². The number of nitriles is 1. The van der Waals surface area contributed by atoms with Crippen LogP contribution in [0, 0.1) is 29.1 Å². The first-order chi connectivity index (χ1) is 25.8. The quantitative estimate of drug-likeness (QED) is 0.330. The smallest absolute Gasteiger partial charge is 0.116 e. The number of fused-ring (bicyclic) bond motifs is 5. The fraction of sp³-hybridized carbons (Fsp3) is 0.340. The zero-order valence-electron chi connectivity index (χ0n) is 29.8. The number of allylic oxidation sites excluding steroid dienone is 15. The molecule has 6 unspecified atom stereocenters.